The van der Waals surface area contributed by atoms with Gasteiger partial charge >= 0.3 is 0 Å². The van der Waals surface area contributed by atoms with Crippen LogP contribution in [0.3, 0.4) is 0 Å². The number of amides is 1. The van der Waals surface area contributed by atoms with Crippen LogP contribution in [0.2, 0.25) is 0 Å². The highest BCUT2D eigenvalue weighted by atomic mass is 16.5. The number of ether oxygens (including phenoxy) is 1. The molecule has 1 heterocycles. The minimum atomic E-state index is -0.725. The summed E-state index contributed by atoms with van der Waals surface area (Å²) in [5.74, 6) is 0.317. The standard InChI is InChI=1S/C30H26N4O2/c1-21-15-17-24(18-16-21)29-25(20-34(33-29)26-11-4-3-5-12-26)19-31-32-30(35)22(2)36-28-14-8-10-23-9-6-7-13-27(23)28/h3-20,22H,1-2H3,(H,32,35)/b31-19-/t22-/m0/s1. The third-order valence-corrected chi connectivity index (χ3v) is 5.89. The van der Waals surface area contributed by atoms with Gasteiger partial charge in [-0.2, -0.15) is 10.2 Å². The van der Waals surface area contributed by atoms with E-state index in [0.29, 0.717) is 5.75 Å². The monoisotopic (exact) mass is 474 g/mol. The number of carbonyl (C=O) groups excluding carboxylic acids is 1. The van der Waals surface area contributed by atoms with Gasteiger partial charge < -0.3 is 4.74 Å². The SMILES string of the molecule is Cc1ccc(-c2nn(-c3ccccc3)cc2/C=N\NC(=O)[C@H](C)Oc2cccc3ccccc23)cc1. The van der Waals surface area contributed by atoms with E-state index in [0.717, 1.165) is 33.3 Å². The Balaban J connectivity index is 1.34. The third-order valence-electron chi connectivity index (χ3n) is 5.89. The Morgan fingerprint density at radius 1 is 0.944 bits per heavy atom. The maximum absolute atomic E-state index is 12.7. The molecule has 6 nitrogen and oxygen atoms in total. The molecule has 1 amide bonds. The molecule has 178 valence electrons. The van der Waals surface area contributed by atoms with Gasteiger partial charge in [0.25, 0.3) is 5.91 Å². The number of benzene rings is 4. The van der Waals surface area contributed by atoms with Crippen LogP contribution in [-0.4, -0.2) is 28.0 Å². The highest BCUT2D eigenvalue weighted by Gasteiger charge is 2.16. The summed E-state index contributed by atoms with van der Waals surface area (Å²) in [6.07, 6.45) is 2.79. The summed E-state index contributed by atoms with van der Waals surface area (Å²) in [5, 5.41) is 11.0. The Morgan fingerprint density at radius 2 is 1.67 bits per heavy atom. The summed E-state index contributed by atoms with van der Waals surface area (Å²) in [5.41, 5.74) is 7.24. The zero-order valence-electron chi connectivity index (χ0n) is 20.1. The second kappa shape index (κ2) is 10.3. The number of hydrogen-bond donors (Lipinski definition) is 1. The van der Waals surface area contributed by atoms with E-state index in [1.54, 1.807) is 13.1 Å². The molecule has 0 aliphatic rings. The van der Waals surface area contributed by atoms with E-state index in [-0.39, 0.29) is 5.91 Å². The molecule has 0 aliphatic heterocycles. The molecule has 1 N–H and O–H groups in total. The molecule has 0 unspecified atom stereocenters. The molecule has 4 aromatic carbocycles. The Bertz CT molecular complexity index is 1520. The molecule has 5 rings (SSSR count). The van der Waals surface area contributed by atoms with Crippen molar-refractivity contribution in [3.8, 4) is 22.7 Å². The summed E-state index contributed by atoms with van der Waals surface area (Å²) in [6, 6.07) is 31.7. The first-order valence-electron chi connectivity index (χ1n) is 11.8. The van der Waals surface area contributed by atoms with E-state index in [2.05, 4.69) is 10.5 Å². The molecule has 6 heteroatoms. The highest BCUT2D eigenvalue weighted by molar-refractivity contribution is 5.91. The number of hydrazone groups is 1. The van der Waals surface area contributed by atoms with Crippen molar-refractivity contribution in [2.45, 2.75) is 20.0 Å². The molecule has 0 aliphatic carbocycles. The topological polar surface area (TPSA) is 68.5 Å². The summed E-state index contributed by atoms with van der Waals surface area (Å²) in [4.78, 5) is 12.7. The fraction of sp³-hybridized carbons (Fsp3) is 0.100. The fourth-order valence-electron chi connectivity index (χ4n) is 3.93. The molecule has 1 atom stereocenters. The number of fused-ring (bicyclic) bond motifs is 1. The van der Waals surface area contributed by atoms with Crippen LogP contribution in [0.5, 0.6) is 5.75 Å². The van der Waals surface area contributed by atoms with Gasteiger partial charge in [0.1, 0.15) is 11.4 Å². The van der Waals surface area contributed by atoms with Crippen LogP contribution in [-0.2, 0) is 4.79 Å². The number of nitrogens with zero attached hydrogens (tertiary/aromatic N) is 3. The van der Waals surface area contributed by atoms with E-state index in [4.69, 9.17) is 9.84 Å². The van der Waals surface area contributed by atoms with Crippen molar-refractivity contribution < 1.29 is 9.53 Å². The molecule has 0 spiro atoms. The van der Waals surface area contributed by atoms with Gasteiger partial charge in [0.15, 0.2) is 6.10 Å². The predicted octanol–water partition coefficient (Wildman–Crippen LogP) is 5.92. The average Bonchev–Trinajstić information content (AvgIpc) is 3.34. The average molecular weight is 475 g/mol. The van der Waals surface area contributed by atoms with Crippen molar-refractivity contribution in [1.82, 2.24) is 15.2 Å². The zero-order valence-corrected chi connectivity index (χ0v) is 20.1. The minimum Gasteiger partial charge on any atom is -0.480 e. The normalized spacial score (nSPS) is 12.1. The number of para-hydroxylation sites is 1. The lowest BCUT2D eigenvalue weighted by Crippen LogP contribution is -2.33. The first-order valence-corrected chi connectivity index (χ1v) is 11.8. The number of nitrogens with one attached hydrogen (secondary N) is 1. The van der Waals surface area contributed by atoms with Gasteiger partial charge in [0, 0.05) is 22.7 Å². The van der Waals surface area contributed by atoms with Gasteiger partial charge in [-0.3, -0.25) is 4.79 Å². The van der Waals surface area contributed by atoms with Crippen LogP contribution in [0.15, 0.2) is 108 Å². The van der Waals surface area contributed by atoms with Crippen LogP contribution in [0, 0.1) is 6.92 Å². The Hall–Kier alpha value is -4.71. The molecule has 1 aromatic heterocycles. The van der Waals surface area contributed by atoms with Crippen molar-refractivity contribution in [2.75, 3.05) is 0 Å². The third kappa shape index (κ3) is 5.03. The molecular weight excluding hydrogens is 448 g/mol. The predicted molar refractivity (Wildman–Crippen MR) is 144 cm³/mol. The van der Waals surface area contributed by atoms with Crippen molar-refractivity contribution >= 4 is 22.9 Å². The summed E-state index contributed by atoms with van der Waals surface area (Å²) < 4.78 is 7.77. The molecule has 36 heavy (non-hydrogen) atoms. The Kier molecular flexibility index (Phi) is 6.58. The largest absolute Gasteiger partial charge is 0.480 e. The summed E-state index contributed by atoms with van der Waals surface area (Å²) in [7, 11) is 0. The zero-order chi connectivity index (χ0) is 24.9. The van der Waals surface area contributed by atoms with Crippen molar-refractivity contribution in [3.05, 3.63) is 114 Å². The quantitative estimate of drug-likeness (QED) is 0.235. The van der Waals surface area contributed by atoms with Gasteiger partial charge in [0.2, 0.25) is 0 Å². The number of aryl methyl sites for hydroxylation is 1. The van der Waals surface area contributed by atoms with Gasteiger partial charge in [-0.15, -0.1) is 0 Å². The molecule has 0 radical (unpaired) electrons. The Morgan fingerprint density at radius 3 is 2.47 bits per heavy atom. The number of hydrogen-bond acceptors (Lipinski definition) is 4. The molecule has 0 bridgehead atoms. The second-order valence-electron chi connectivity index (χ2n) is 8.55. The molecule has 0 saturated carbocycles. The summed E-state index contributed by atoms with van der Waals surface area (Å²) in [6.45, 7) is 3.75. The van der Waals surface area contributed by atoms with Gasteiger partial charge in [-0.1, -0.05) is 84.4 Å². The summed E-state index contributed by atoms with van der Waals surface area (Å²) >= 11 is 0. The maximum atomic E-state index is 12.7. The molecule has 0 fully saturated rings. The van der Waals surface area contributed by atoms with Crippen molar-refractivity contribution in [2.24, 2.45) is 5.10 Å². The first kappa shape index (κ1) is 23.1. The Labute approximate surface area is 209 Å². The van der Waals surface area contributed by atoms with Crippen LogP contribution in [0.1, 0.15) is 18.1 Å². The van der Waals surface area contributed by atoms with E-state index in [1.165, 1.54) is 5.56 Å². The first-order chi connectivity index (χ1) is 17.6. The van der Waals surface area contributed by atoms with E-state index >= 15 is 0 Å². The highest BCUT2D eigenvalue weighted by Crippen LogP contribution is 2.26. The van der Waals surface area contributed by atoms with E-state index in [1.807, 2.05) is 115 Å². The van der Waals surface area contributed by atoms with Crippen molar-refractivity contribution in [3.63, 3.8) is 0 Å². The lowest BCUT2D eigenvalue weighted by Gasteiger charge is -2.14. The fourth-order valence-corrected chi connectivity index (χ4v) is 3.93. The molecule has 0 saturated heterocycles. The molecular formula is C30H26N4O2. The van der Waals surface area contributed by atoms with Crippen LogP contribution in [0.25, 0.3) is 27.7 Å². The van der Waals surface area contributed by atoms with Gasteiger partial charge in [-0.05, 0) is 37.4 Å². The number of carbonyl (C=O) groups is 1. The number of aromatic nitrogens is 2. The lowest BCUT2D eigenvalue weighted by molar-refractivity contribution is -0.127. The van der Waals surface area contributed by atoms with Gasteiger partial charge in [0.05, 0.1) is 11.9 Å². The van der Waals surface area contributed by atoms with Crippen LogP contribution < -0.4 is 10.2 Å². The lowest BCUT2D eigenvalue weighted by atomic mass is 10.1. The smallest absolute Gasteiger partial charge is 0.280 e. The maximum Gasteiger partial charge on any atom is 0.280 e. The van der Waals surface area contributed by atoms with E-state index in [9.17, 15) is 4.79 Å². The second-order valence-corrected chi connectivity index (χ2v) is 8.55. The molecule has 5 aromatic rings. The van der Waals surface area contributed by atoms with Crippen LogP contribution in [0.4, 0.5) is 0 Å². The van der Waals surface area contributed by atoms with E-state index < -0.39 is 6.10 Å². The van der Waals surface area contributed by atoms with Crippen molar-refractivity contribution in [1.29, 1.82) is 0 Å². The minimum absolute atomic E-state index is 0.341. The number of rotatable bonds is 7. The van der Waals surface area contributed by atoms with Crippen LogP contribution >= 0.6 is 0 Å². The van der Waals surface area contributed by atoms with Gasteiger partial charge in [-0.25, -0.2) is 10.1 Å².